The SMILES string of the molecule is CCCCC(=O)N(CCOC)c1nnc(-c2ccc(C(C)(C)C)cc2)s1. The fourth-order valence-electron chi connectivity index (χ4n) is 2.53. The van der Waals surface area contributed by atoms with E-state index in [1.165, 1.54) is 16.9 Å². The zero-order valence-electron chi connectivity index (χ0n) is 16.4. The minimum absolute atomic E-state index is 0.0784. The zero-order valence-corrected chi connectivity index (χ0v) is 17.2. The minimum Gasteiger partial charge on any atom is -0.383 e. The van der Waals surface area contributed by atoms with Gasteiger partial charge in [-0.3, -0.25) is 9.69 Å². The molecule has 1 heterocycles. The van der Waals surface area contributed by atoms with Crippen molar-refractivity contribution in [1.82, 2.24) is 10.2 Å². The molecule has 0 bridgehead atoms. The predicted molar refractivity (Wildman–Crippen MR) is 108 cm³/mol. The number of carbonyl (C=O) groups is 1. The quantitative estimate of drug-likeness (QED) is 0.673. The second kappa shape index (κ2) is 9.24. The summed E-state index contributed by atoms with van der Waals surface area (Å²) < 4.78 is 5.15. The van der Waals surface area contributed by atoms with Gasteiger partial charge in [-0.15, -0.1) is 10.2 Å². The number of rotatable bonds is 8. The summed E-state index contributed by atoms with van der Waals surface area (Å²) in [4.78, 5) is 14.2. The van der Waals surface area contributed by atoms with E-state index in [2.05, 4.69) is 62.2 Å². The van der Waals surface area contributed by atoms with E-state index in [1.807, 2.05) is 0 Å². The first-order valence-electron chi connectivity index (χ1n) is 9.10. The minimum atomic E-state index is 0.0784. The van der Waals surface area contributed by atoms with Crippen LogP contribution in [0.25, 0.3) is 10.6 Å². The Bertz CT molecular complexity index is 705. The highest BCUT2D eigenvalue weighted by Gasteiger charge is 2.20. The van der Waals surface area contributed by atoms with E-state index >= 15 is 0 Å². The molecule has 0 radical (unpaired) electrons. The van der Waals surface area contributed by atoms with Crippen LogP contribution in [-0.2, 0) is 14.9 Å². The largest absolute Gasteiger partial charge is 0.383 e. The molecule has 1 aromatic heterocycles. The maximum atomic E-state index is 12.5. The third kappa shape index (κ3) is 5.35. The van der Waals surface area contributed by atoms with Gasteiger partial charge in [-0.25, -0.2) is 0 Å². The highest BCUT2D eigenvalue weighted by Crippen LogP contribution is 2.31. The molecular formula is C20H29N3O2S. The highest BCUT2D eigenvalue weighted by molar-refractivity contribution is 7.18. The average molecular weight is 376 g/mol. The summed E-state index contributed by atoms with van der Waals surface area (Å²) in [6, 6.07) is 8.41. The number of hydrogen-bond donors (Lipinski definition) is 0. The lowest BCUT2D eigenvalue weighted by molar-refractivity contribution is -0.118. The second-order valence-electron chi connectivity index (χ2n) is 7.36. The van der Waals surface area contributed by atoms with Crippen LogP contribution in [0.15, 0.2) is 24.3 Å². The molecule has 6 heteroatoms. The number of anilines is 1. The molecule has 0 aliphatic heterocycles. The third-order valence-electron chi connectivity index (χ3n) is 4.21. The van der Waals surface area contributed by atoms with Crippen LogP contribution in [0.2, 0.25) is 0 Å². The van der Waals surface area contributed by atoms with Crippen molar-refractivity contribution < 1.29 is 9.53 Å². The molecule has 0 saturated heterocycles. The highest BCUT2D eigenvalue weighted by atomic mass is 32.1. The van der Waals surface area contributed by atoms with Gasteiger partial charge in [0.2, 0.25) is 11.0 Å². The lowest BCUT2D eigenvalue weighted by Gasteiger charge is -2.19. The Labute approximate surface area is 160 Å². The number of ether oxygens (including phenoxy) is 1. The van der Waals surface area contributed by atoms with E-state index in [0.717, 1.165) is 23.4 Å². The van der Waals surface area contributed by atoms with Gasteiger partial charge < -0.3 is 4.74 Å². The fraction of sp³-hybridized carbons (Fsp3) is 0.550. The molecule has 2 rings (SSSR count). The molecule has 1 amide bonds. The Morgan fingerprint density at radius 3 is 2.46 bits per heavy atom. The van der Waals surface area contributed by atoms with Crippen LogP contribution in [0.1, 0.15) is 52.5 Å². The molecule has 0 N–H and O–H groups in total. The van der Waals surface area contributed by atoms with Crippen molar-refractivity contribution in [2.45, 2.75) is 52.4 Å². The van der Waals surface area contributed by atoms with Crippen molar-refractivity contribution in [2.75, 3.05) is 25.2 Å². The second-order valence-corrected chi connectivity index (χ2v) is 8.31. The van der Waals surface area contributed by atoms with Crippen LogP contribution in [0.3, 0.4) is 0 Å². The van der Waals surface area contributed by atoms with Gasteiger partial charge in [0.05, 0.1) is 13.2 Å². The maximum Gasteiger partial charge on any atom is 0.228 e. The number of amides is 1. The Balaban J connectivity index is 2.20. The van der Waals surface area contributed by atoms with Gasteiger partial charge in [0, 0.05) is 19.1 Å². The first kappa shape index (κ1) is 20.5. The van der Waals surface area contributed by atoms with Gasteiger partial charge in [0.15, 0.2) is 0 Å². The van der Waals surface area contributed by atoms with Crippen LogP contribution in [0.5, 0.6) is 0 Å². The first-order valence-corrected chi connectivity index (χ1v) is 9.92. The number of hydrogen-bond acceptors (Lipinski definition) is 5. The van der Waals surface area contributed by atoms with Gasteiger partial charge in [0.25, 0.3) is 0 Å². The summed E-state index contributed by atoms with van der Waals surface area (Å²) in [6.07, 6.45) is 2.39. The molecule has 0 unspecified atom stereocenters. The number of benzene rings is 1. The van der Waals surface area contributed by atoms with E-state index in [1.54, 1.807) is 12.0 Å². The van der Waals surface area contributed by atoms with Crippen LogP contribution in [0, 0.1) is 0 Å². The molecule has 0 atom stereocenters. The number of carbonyl (C=O) groups excluding carboxylic acids is 1. The molecule has 26 heavy (non-hydrogen) atoms. The summed E-state index contributed by atoms with van der Waals surface area (Å²) in [6.45, 7) is 9.64. The monoisotopic (exact) mass is 375 g/mol. The summed E-state index contributed by atoms with van der Waals surface area (Å²) in [5.74, 6) is 0.0784. The molecule has 142 valence electrons. The van der Waals surface area contributed by atoms with Crippen molar-refractivity contribution >= 4 is 22.4 Å². The van der Waals surface area contributed by atoms with Gasteiger partial charge in [0.1, 0.15) is 5.01 Å². The smallest absolute Gasteiger partial charge is 0.228 e. The molecule has 0 aliphatic rings. The number of aromatic nitrogens is 2. The number of nitrogens with zero attached hydrogens (tertiary/aromatic N) is 3. The predicted octanol–water partition coefficient (Wildman–Crippen LogP) is 4.67. The Morgan fingerprint density at radius 1 is 1.19 bits per heavy atom. The lowest BCUT2D eigenvalue weighted by atomic mass is 9.87. The van der Waals surface area contributed by atoms with E-state index < -0.39 is 0 Å². The normalized spacial score (nSPS) is 11.6. The van der Waals surface area contributed by atoms with E-state index in [9.17, 15) is 4.79 Å². The molecule has 0 aliphatic carbocycles. The van der Waals surface area contributed by atoms with Gasteiger partial charge in [-0.1, -0.05) is 69.7 Å². The van der Waals surface area contributed by atoms with E-state index in [0.29, 0.717) is 24.7 Å². The van der Waals surface area contributed by atoms with Crippen molar-refractivity contribution in [2.24, 2.45) is 0 Å². The standard InChI is InChI=1S/C20H29N3O2S/c1-6-7-8-17(24)23(13-14-25-5)19-22-21-18(26-19)15-9-11-16(12-10-15)20(2,3)4/h9-12H,6-8,13-14H2,1-5H3. The molecular weight excluding hydrogens is 346 g/mol. The third-order valence-corrected chi connectivity index (χ3v) is 5.20. The first-order chi connectivity index (χ1) is 12.4. The van der Waals surface area contributed by atoms with Crippen molar-refractivity contribution in [3.63, 3.8) is 0 Å². The molecule has 1 aromatic carbocycles. The van der Waals surface area contributed by atoms with Crippen LogP contribution < -0.4 is 4.90 Å². The summed E-state index contributed by atoms with van der Waals surface area (Å²) in [5, 5.41) is 10.0. The molecule has 0 saturated carbocycles. The molecule has 2 aromatic rings. The average Bonchev–Trinajstić information content (AvgIpc) is 3.09. The lowest BCUT2D eigenvalue weighted by Crippen LogP contribution is -2.33. The van der Waals surface area contributed by atoms with Gasteiger partial charge >= 0.3 is 0 Å². The Morgan fingerprint density at radius 2 is 1.88 bits per heavy atom. The molecule has 5 nitrogen and oxygen atoms in total. The topological polar surface area (TPSA) is 55.3 Å². The summed E-state index contributed by atoms with van der Waals surface area (Å²) in [7, 11) is 1.64. The van der Waals surface area contributed by atoms with Gasteiger partial charge in [-0.2, -0.15) is 0 Å². The van der Waals surface area contributed by atoms with E-state index in [-0.39, 0.29) is 11.3 Å². The Hall–Kier alpha value is -1.79. The van der Waals surface area contributed by atoms with Crippen molar-refractivity contribution in [1.29, 1.82) is 0 Å². The Kier molecular flexibility index (Phi) is 7.29. The fourth-order valence-corrected chi connectivity index (χ4v) is 3.42. The maximum absolute atomic E-state index is 12.5. The number of unbranched alkanes of at least 4 members (excludes halogenated alkanes) is 1. The van der Waals surface area contributed by atoms with Crippen LogP contribution >= 0.6 is 11.3 Å². The van der Waals surface area contributed by atoms with E-state index in [4.69, 9.17) is 4.74 Å². The zero-order chi connectivity index (χ0) is 19.2. The van der Waals surface area contributed by atoms with Crippen LogP contribution in [-0.4, -0.2) is 36.4 Å². The van der Waals surface area contributed by atoms with Crippen LogP contribution in [0.4, 0.5) is 5.13 Å². The summed E-state index contributed by atoms with van der Waals surface area (Å²) in [5.41, 5.74) is 2.42. The number of methoxy groups -OCH3 is 1. The summed E-state index contributed by atoms with van der Waals surface area (Å²) >= 11 is 1.45. The van der Waals surface area contributed by atoms with Crippen molar-refractivity contribution in [3.8, 4) is 10.6 Å². The van der Waals surface area contributed by atoms with Crippen molar-refractivity contribution in [3.05, 3.63) is 29.8 Å². The van der Waals surface area contributed by atoms with Gasteiger partial charge in [-0.05, 0) is 17.4 Å². The molecule has 0 fully saturated rings. The molecule has 0 spiro atoms.